The molecule has 19 heavy (non-hydrogen) atoms. The lowest BCUT2D eigenvalue weighted by Gasteiger charge is -2.14. The Morgan fingerprint density at radius 3 is 1.84 bits per heavy atom. The summed E-state index contributed by atoms with van der Waals surface area (Å²) in [5.74, 6) is -2.34. The molecule has 0 radical (unpaired) electrons. The Morgan fingerprint density at radius 2 is 1.47 bits per heavy atom. The molecule has 0 aliphatic carbocycles. The topological polar surface area (TPSA) is 86.7 Å². The van der Waals surface area contributed by atoms with E-state index in [2.05, 4.69) is 0 Å². The van der Waals surface area contributed by atoms with Crippen LogP contribution in [-0.2, 0) is 28.9 Å². The minimum Gasteiger partial charge on any atom is -0.465 e. The Morgan fingerprint density at radius 1 is 1.00 bits per heavy atom. The van der Waals surface area contributed by atoms with Crippen LogP contribution in [0.1, 0.15) is 33.6 Å². The minimum atomic E-state index is -3.10. The molecular formula is C12H22O6S. The molecule has 6 nitrogen and oxygen atoms in total. The van der Waals surface area contributed by atoms with E-state index < -0.39 is 27.7 Å². The maximum Gasteiger partial charge on any atom is 0.320 e. The molecule has 0 heterocycles. The van der Waals surface area contributed by atoms with E-state index >= 15 is 0 Å². The quantitative estimate of drug-likeness (QED) is 0.465. The van der Waals surface area contributed by atoms with Gasteiger partial charge in [-0.3, -0.25) is 9.59 Å². The van der Waals surface area contributed by atoms with Gasteiger partial charge < -0.3 is 9.47 Å². The standard InChI is InChI=1S/C12H22O6S/c1-4-17-11(13)10(12(14)18-5-2)8-7-9-19(15,16)6-3/h10H,4-9H2,1-3H3. The predicted octanol–water partition coefficient (Wildman–Crippen LogP) is 0.944. The molecule has 0 aliphatic rings. The second-order valence-corrected chi connectivity index (χ2v) is 6.41. The van der Waals surface area contributed by atoms with Gasteiger partial charge in [-0.2, -0.15) is 0 Å². The van der Waals surface area contributed by atoms with E-state index in [9.17, 15) is 18.0 Å². The smallest absolute Gasteiger partial charge is 0.320 e. The summed E-state index contributed by atoms with van der Waals surface area (Å²) in [5.41, 5.74) is 0. The highest BCUT2D eigenvalue weighted by Gasteiger charge is 2.29. The van der Waals surface area contributed by atoms with Gasteiger partial charge in [0.1, 0.15) is 9.84 Å². The van der Waals surface area contributed by atoms with Gasteiger partial charge in [0.15, 0.2) is 5.92 Å². The van der Waals surface area contributed by atoms with Crippen molar-refractivity contribution in [2.45, 2.75) is 33.6 Å². The average Bonchev–Trinajstić information content (AvgIpc) is 2.35. The van der Waals surface area contributed by atoms with Crippen molar-refractivity contribution in [3.8, 4) is 0 Å². The number of carbonyl (C=O) groups excluding carboxylic acids is 2. The van der Waals surface area contributed by atoms with Gasteiger partial charge in [-0.05, 0) is 26.7 Å². The lowest BCUT2D eigenvalue weighted by Crippen LogP contribution is -2.28. The summed E-state index contributed by atoms with van der Waals surface area (Å²) in [6, 6.07) is 0. The van der Waals surface area contributed by atoms with E-state index in [1.165, 1.54) is 0 Å². The van der Waals surface area contributed by atoms with Crippen LogP contribution >= 0.6 is 0 Å². The summed E-state index contributed by atoms with van der Waals surface area (Å²) in [6.45, 7) is 5.18. The van der Waals surface area contributed by atoms with Crippen LogP contribution < -0.4 is 0 Å². The van der Waals surface area contributed by atoms with Crippen LogP contribution in [0, 0.1) is 5.92 Å². The number of sulfone groups is 1. The first-order valence-electron chi connectivity index (χ1n) is 6.41. The van der Waals surface area contributed by atoms with E-state index in [0.717, 1.165) is 0 Å². The highest BCUT2D eigenvalue weighted by molar-refractivity contribution is 7.91. The summed E-state index contributed by atoms with van der Waals surface area (Å²) in [7, 11) is -3.10. The van der Waals surface area contributed by atoms with Crippen molar-refractivity contribution in [2.24, 2.45) is 5.92 Å². The second kappa shape index (κ2) is 8.90. The van der Waals surface area contributed by atoms with Gasteiger partial charge >= 0.3 is 11.9 Å². The summed E-state index contributed by atoms with van der Waals surface area (Å²) in [6.07, 6.45) is 0.357. The van der Waals surface area contributed by atoms with Crippen LogP contribution in [0.2, 0.25) is 0 Å². The molecule has 0 spiro atoms. The maximum atomic E-state index is 11.6. The van der Waals surface area contributed by atoms with Crippen LogP contribution in [0.5, 0.6) is 0 Å². The van der Waals surface area contributed by atoms with Gasteiger partial charge in [0, 0.05) is 5.75 Å². The molecule has 0 fully saturated rings. The van der Waals surface area contributed by atoms with Crippen LogP contribution in [0.25, 0.3) is 0 Å². The first kappa shape index (κ1) is 17.9. The zero-order valence-corrected chi connectivity index (χ0v) is 12.5. The predicted molar refractivity (Wildman–Crippen MR) is 70.3 cm³/mol. The Bertz CT molecular complexity index is 369. The van der Waals surface area contributed by atoms with Crippen molar-refractivity contribution in [3.63, 3.8) is 0 Å². The molecule has 0 rings (SSSR count). The first-order chi connectivity index (χ1) is 8.87. The molecule has 0 saturated heterocycles. The van der Waals surface area contributed by atoms with Crippen molar-refractivity contribution in [1.29, 1.82) is 0 Å². The van der Waals surface area contributed by atoms with Gasteiger partial charge in [-0.25, -0.2) is 8.42 Å². The lowest BCUT2D eigenvalue weighted by molar-refractivity contribution is -0.161. The molecular weight excluding hydrogens is 272 g/mol. The molecule has 0 aromatic rings. The van der Waals surface area contributed by atoms with Gasteiger partial charge in [0.25, 0.3) is 0 Å². The van der Waals surface area contributed by atoms with Crippen molar-refractivity contribution >= 4 is 21.8 Å². The van der Waals surface area contributed by atoms with Gasteiger partial charge in [0.2, 0.25) is 0 Å². The van der Waals surface area contributed by atoms with E-state index in [1.54, 1.807) is 20.8 Å². The molecule has 0 aromatic carbocycles. The largest absolute Gasteiger partial charge is 0.465 e. The SMILES string of the molecule is CCOC(=O)C(CCCS(=O)(=O)CC)C(=O)OCC. The Hall–Kier alpha value is -1.11. The number of esters is 2. The number of carbonyl (C=O) groups is 2. The number of rotatable bonds is 9. The third-order valence-electron chi connectivity index (χ3n) is 2.53. The number of ether oxygens (including phenoxy) is 2. The fourth-order valence-corrected chi connectivity index (χ4v) is 2.36. The van der Waals surface area contributed by atoms with Crippen LogP contribution in [0.15, 0.2) is 0 Å². The van der Waals surface area contributed by atoms with Crippen LogP contribution in [-0.4, -0.2) is 45.1 Å². The van der Waals surface area contributed by atoms with E-state index in [4.69, 9.17) is 9.47 Å². The molecule has 0 unspecified atom stereocenters. The highest BCUT2D eigenvalue weighted by Crippen LogP contribution is 2.13. The summed E-state index contributed by atoms with van der Waals surface area (Å²) in [4.78, 5) is 23.2. The van der Waals surface area contributed by atoms with Gasteiger partial charge in [0.05, 0.1) is 19.0 Å². The monoisotopic (exact) mass is 294 g/mol. The van der Waals surface area contributed by atoms with E-state index in [1.807, 2.05) is 0 Å². The Kier molecular flexibility index (Phi) is 8.38. The lowest BCUT2D eigenvalue weighted by atomic mass is 10.0. The fourth-order valence-electron chi connectivity index (χ4n) is 1.47. The third-order valence-corrected chi connectivity index (χ3v) is 4.32. The minimum absolute atomic E-state index is 0.0428. The maximum absolute atomic E-state index is 11.6. The molecule has 0 amide bonds. The van der Waals surface area contributed by atoms with Crippen LogP contribution in [0.4, 0.5) is 0 Å². The first-order valence-corrected chi connectivity index (χ1v) is 8.23. The summed E-state index contributed by atoms with van der Waals surface area (Å²) in [5, 5.41) is 0. The number of hydrogen-bond acceptors (Lipinski definition) is 6. The molecule has 112 valence electrons. The van der Waals surface area contributed by atoms with Crippen molar-refractivity contribution in [3.05, 3.63) is 0 Å². The molecule has 0 bridgehead atoms. The molecule has 0 atom stereocenters. The fraction of sp³-hybridized carbons (Fsp3) is 0.833. The molecule has 7 heteroatoms. The van der Waals surface area contributed by atoms with Crippen molar-refractivity contribution < 1.29 is 27.5 Å². The number of hydrogen-bond donors (Lipinski definition) is 0. The zero-order valence-electron chi connectivity index (χ0n) is 11.7. The Balaban J connectivity index is 4.51. The van der Waals surface area contributed by atoms with Gasteiger partial charge in [-0.1, -0.05) is 6.92 Å². The molecule has 0 N–H and O–H groups in total. The normalized spacial score (nSPS) is 11.4. The second-order valence-electron chi connectivity index (χ2n) is 3.94. The van der Waals surface area contributed by atoms with E-state index in [-0.39, 0.29) is 37.6 Å². The van der Waals surface area contributed by atoms with Crippen molar-refractivity contribution in [1.82, 2.24) is 0 Å². The summed E-state index contributed by atoms with van der Waals surface area (Å²) < 4.78 is 32.3. The molecule has 0 aromatic heterocycles. The highest BCUT2D eigenvalue weighted by atomic mass is 32.2. The van der Waals surface area contributed by atoms with E-state index in [0.29, 0.717) is 0 Å². The third kappa shape index (κ3) is 7.15. The molecule has 0 saturated carbocycles. The van der Waals surface area contributed by atoms with Crippen LogP contribution in [0.3, 0.4) is 0 Å². The van der Waals surface area contributed by atoms with Gasteiger partial charge in [-0.15, -0.1) is 0 Å². The summed E-state index contributed by atoms with van der Waals surface area (Å²) >= 11 is 0. The molecule has 0 aliphatic heterocycles. The Labute approximate surface area is 114 Å². The zero-order chi connectivity index (χ0) is 14.9. The average molecular weight is 294 g/mol. The van der Waals surface area contributed by atoms with Crippen molar-refractivity contribution in [2.75, 3.05) is 24.7 Å².